The predicted octanol–water partition coefficient (Wildman–Crippen LogP) is 1.64. The van der Waals surface area contributed by atoms with Gasteiger partial charge in [-0.25, -0.2) is 4.21 Å². The molecule has 0 unspecified atom stereocenters. The second kappa shape index (κ2) is 3.88. The molecule has 0 aliphatic carbocycles. The third kappa shape index (κ3) is 2.92. The van der Waals surface area contributed by atoms with Crippen LogP contribution in [0.25, 0.3) is 0 Å². The van der Waals surface area contributed by atoms with E-state index in [1.165, 1.54) is 7.11 Å². The van der Waals surface area contributed by atoms with E-state index in [0.29, 0.717) is 17.1 Å². The van der Waals surface area contributed by atoms with Crippen LogP contribution >= 0.6 is 0 Å². The molecule has 5 heteroatoms. The summed E-state index contributed by atoms with van der Waals surface area (Å²) in [5.74, 6) is 0.543. The zero-order valence-corrected chi connectivity index (χ0v) is 9.30. The molecule has 0 aliphatic heterocycles. The highest BCUT2D eigenvalue weighted by molar-refractivity contribution is 7.92. The topological polar surface area (TPSA) is 64.7 Å². The number of hydrogen-bond donors (Lipinski definition) is 1. The van der Waals surface area contributed by atoms with E-state index in [-0.39, 0.29) is 0 Å². The van der Waals surface area contributed by atoms with Gasteiger partial charge < -0.3 is 10.5 Å². The highest BCUT2D eigenvalue weighted by Gasteiger charge is 2.03. The smallest absolute Gasteiger partial charge is 0.147 e. The Morgan fingerprint density at radius 3 is 2.57 bits per heavy atom. The number of rotatable bonds is 2. The Hall–Kier alpha value is -1.23. The number of methoxy groups -OCH3 is 1. The van der Waals surface area contributed by atoms with E-state index in [9.17, 15) is 4.21 Å². The number of nitrogens with two attached hydrogens (primary N) is 1. The van der Waals surface area contributed by atoms with Gasteiger partial charge in [0.15, 0.2) is 0 Å². The standard InChI is InChI=1S/C9H14N2O2S/c1-13-9-6-7(10)4-5-8(9)11-14(2,3)12/h4-6H,10H2,1-3H3. The molecule has 78 valence electrons. The molecule has 0 fully saturated rings. The Labute approximate surface area is 84.3 Å². The summed E-state index contributed by atoms with van der Waals surface area (Å²) < 4.78 is 20.6. The lowest BCUT2D eigenvalue weighted by Crippen LogP contribution is -1.92. The molecule has 0 bridgehead atoms. The van der Waals surface area contributed by atoms with Crippen molar-refractivity contribution in [3.05, 3.63) is 18.2 Å². The van der Waals surface area contributed by atoms with Crippen LogP contribution in [0.5, 0.6) is 5.75 Å². The summed E-state index contributed by atoms with van der Waals surface area (Å²) in [7, 11) is -0.640. The molecule has 0 aliphatic rings. The molecular formula is C9H14N2O2S. The first-order valence-electron chi connectivity index (χ1n) is 4.03. The molecule has 0 aromatic heterocycles. The number of nitrogen functional groups attached to an aromatic ring is 1. The van der Waals surface area contributed by atoms with Crippen LogP contribution in [0.2, 0.25) is 0 Å². The molecule has 1 aromatic rings. The second-order valence-electron chi connectivity index (χ2n) is 3.20. The van der Waals surface area contributed by atoms with Gasteiger partial charge in [0.25, 0.3) is 0 Å². The van der Waals surface area contributed by atoms with Crippen LogP contribution in [-0.2, 0) is 9.73 Å². The lowest BCUT2D eigenvalue weighted by molar-refractivity contribution is 0.416. The molecule has 0 radical (unpaired) electrons. The van der Waals surface area contributed by atoms with Crippen LogP contribution in [-0.4, -0.2) is 23.8 Å². The lowest BCUT2D eigenvalue weighted by Gasteiger charge is -2.05. The summed E-state index contributed by atoms with van der Waals surface area (Å²) in [5.41, 5.74) is 6.74. The van der Waals surface area contributed by atoms with Gasteiger partial charge in [-0.15, -0.1) is 0 Å². The summed E-state index contributed by atoms with van der Waals surface area (Å²) in [6, 6.07) is 5.05. The average Bonchev–Trinajstić information content (AvgIpc) is 2.06. The van der Waals surface area contributed by atoms with Crippen LogP contribution in [0, 0.1) is 0 Å². The van der Waals surface area contributed by atoms with E-state index in [0.717, 1.165) is 0 Å². The first-order chi connectivity index (χ1) is 6.42. The zero-order valence-electron chi connectivity index (χ0n) is 8.48. The second-order valence-corrected chi connectivity index (χ2v) is 5.75. The van der Waals surface area contributed by atoms with Gasteiger partial charge in [0.2, 0.25) is 0 Å². The van der Waals surface area contributed by atoms with Gasteiger partial charge in [0.1, 0.15) is 11.4 Å². The molecule has 1 aromatic carbocycles. The number of anilines is 1. The third-order valence-corrected chi connectivity index (χ3v) is 2.16. The van der Waals surface area contributed by atoms with Gasteiger partial charge in [0, 0.05) is 34.0 Å². The highest BCUT2D eigenvalue weighted by atomic mass is 32.2. The van der Waals surface area contributed by atoms with E-state index >= 15 is 0 Å². The first-order valence-corrected chi connectivity index (χ1v) is 6.36. The van der Waals surface area contributed by atoms with Crippen LogP contribution in [0.1, 0.15) is 0 Å². The van der Waals surface area contributed by atoms with Gasteiger partial charge >= 0.3 is 0 Å². The van der Waals surface area contributed by atoms with Crippen molar-refractivity contribution >= 4 is 21.1 Å². The summed E-state index contributed by atoms with van der Waals surface area (Å²) in [6.07, 6.45) is 3.14. The number of ether oxygens (including phenoxy) is 1. The van der Waals surface area contributed by atoms with Crippen LogP contribution in [0.3, 0.4) is 0 Å². The fourth-order valence-corrected chi connectivity index (χ4v) is 1.63. The molecule has 0 atom stereocenters. The minimum absolute atomic E-state index is 0.543. The third-order valence-electron chi connectivity index (χ3n) is 1.52. The van der Waals surface area contributed by atoms with Crippen molar-refractivity contribution in [2.45, 2.75) is 0 Å². The van der Waals surface area contributed by atoms with Crippen molar-refractivity contribution in [3.63, 3.8) is 0 Å². The van der Waals surface area contributed by atoms with E-state index in [1.807, 2.05) is 0 Å². The van der Waals surface area contributed by atoms with Crippen molar-refractivity contribution in [1.29, 1.82) is 0 Å². The van der Waals surface area contributed by atoms with E-state index in [1.54, 1.807) is 30.7 Å². The monoisotopic (exact) mass is 214 g/mol. The van der Waals surface area contributed by atoms with Crippen molar-refractivity contribution in [1.82, 2.24) is 0 Å². The molecule has 0 amide bonds. The largest absolute Gasteiger partial charge is 0.494 e. The van der Waals surface area contributed by atoms with Crippen molar-refractivity contribution in [2.24, 2.45) is 4.36 Å². The van der Waals surface area contributed by atoms with E-state index in [2.05, 4.69) is 4.36 Å². The molecule has 14 heavy (non-hydrogen) atoms. The Morgan fingerprint density at radius 2 is 2.07 bits per heavy atom. The molecule has 0 saturated carbocycles. The number of benzene rings is 1. The summed E-state index contributed by atoms with van der Waals surface area (Å²) >= 11 is 0. The normalized spacial score (nSPS) is 11.1. The van der Waals surface area contributed by atoms with Gasteiger partial charge in [0.05, 0.1) is 7.11 Å². The molecular weight excluding hydrogens is 200 g/mol. The molecule has 1 rings (SSSR count). The number of nitrogens with zero attached hydrogens (tertiary/aromatic N) is 1. The van der Waals surface area contributed by atoms with E-state index in [4.69, 9.17) is 10.5 Å². The first kappa shape index (κ1) is 10.8. The summed E-state index contributed by atoms with van der Waals surface area (Å²) in [4.78, 5) is 0. The molecule has 0 spiro atoms. The average molecular weight is 214 g/mol. The summed E-state index contributed by atoms with van der Waals surface area (Å²) in [5, 5.41) is 0. The Kier molecular flexibility index (Phi) is 3.00. The minimum atomic E-state index is -2.17. The molecule has 0 saturated heterocycles. The maximum atomic E-state index is 11.5. The minimum Gasteiger partial charge on any atom is -0.494 e. The quantitative estimate of drug-likeness (QED) is 0.761. The van der Waals surface area contributed by atoms with Crippen molar-refractivity contribution in [3.8, 4) is 5.75 Å². The van der Waals surface area contributed by atoms with Gasteiger partial charge in [-0.05, 0) is 12.1 Å². The Balaban J connectivity index is 3.29. The van der Waals surface area contributed by atoms with Crippen LogP contribution in [0.4, 0.5) is 11.4 Å². The fraction of sp³-hybridized carbons (Fsp3) is 0.333. The maximum Gasteiger partial charge on any atom is 0.147 e. The van der Waals surface area contributed by atoms with Gasteiger partial charge in [-0.2, -0.15) is 4.36 Å². The Morgan fingerprint density at radius 1 is 1.43 bits per heavy atom. The molecule has 0 heterocycles. The lowest BCUT2D eigenvalue weighted by atomic mass is 10.3. The predicted molar refractivity (Wildman–Crippen MR) is 59.5 cm³/mol. The Bertz CT molecular complexity index is 440. The van der Waals surface area contributed by atoms with Gasteiger partial charge in [-0.3, -0.25) is 0 Å². The summed E-state index contributed by atoms with van der Waals surface area (Å²) in [6.45, 7) is 0. The van der Waals surface area contributed by atoms with Crippen LogP contribution in [0.15, 0.2) is 22.6 Å². The highest BCUT2D eigenvalue weighted by Crippen LogP contribution is 2.29. The number of hydrogen-bond acceptors (Lipinski definition) is 4. The van der Waals surface area contributed by atoms with Gasteiger partial charge in [-0.1, -0.05) is 0 Å². The SMILES string of the molecule is COc1cc(N)ccc1N=S(C)(C)=O. The molecule has 4 nitrogen and oxygen atoms in total. The zero-order chi connectivity index (χ0) is 10.8. The van der Waals surface area contributed by atoms with Crippen molar-refractivity contribution in [2.75, 3.05) is 25.4 Å². The molecule has 2 N–H and O–H groups in total. The van der Waals surface area contributed by atoms with Crippen LogP contribution < -0.4 is 10.5 Å². The fourth-order valence-electron chi connectivity index (χ4n) is 1.01. The maximum absolute atomic E-state index is 11.5. The van der Waals surface area contributed by atoms with Crippen molar-refractivity contribution < 1.29 is 8.95 Å². The van der Waals surface area contributed by atoms with E-state index < -0.39 is 9.73 Å².